The Morgan fingerprint density at radius 3 is 1.53 bits per heavy atom. The summed E-state index contributed by atoms with van der Waals surface area (Å²) in [6.45, 7) is 0. The van der Waals surface area contributed by atoms with Gasteiger partial charge in [-0.1, -0.05) is 103 Å². The van der Waals surface area contributed by atoms with Crippen LogP contribution in [-0.4, -0.2) is 4.57 Å². The summed E-state index contributed by atoms with van der Waals surface area (Å²) in [6.07, 6.45) is 0. The second-order valence-corrected chi connectivity index (χ2v) is 13.3. The molecule has 0 spiro atoms. The van der Waals surface area contributed by atoms with Crippen LogP contribution in [0.5, 0.6) is 0 Å². The van der Waals surface area contributed by atoms with E-state index in [4.69, 9.17) is 8.83 Å². The molecule has 3 nitrogen and oxygen atoms in total. The van der Waals surface area contributed by atoms with Crippen LogP contribution in [-0.2, 0) is 0 Å². The molecular formula is C48H29NO2. The maximum Gasteiger partial charge on any atom is 0.135 e. The number of rotatable bonds is 4. The normalized spacial score (nSPS) is 11.9. The first-order valence-electron chi connectivity index (χ1n) is 17.3. The third-order valence-electron chi connectivity index (χ3n) is 10.4. The molecule has 0 radical (unpaired) electrons. The third kappa shape index (κ3) is 4.38. The second kappa shape index (κ2) is 10.8. The van der Waals surface area contributed by atoms with Gasteiger partial charge in [0.05, 0.1) is 11.0 Å². The lowest BCUT2D eigenvalue weighted by molar-refractivity contribution is 0.668. The van der Waals surface area contributed by atoms with E-state index in [9.17, 15) is 0 Å². The first-order valence-corrected chi connectivity index (χ1v) is 17.3. The van der Waals surface area contributed by atoms with Crippen LogP contribution in [0.1, 0.15) is 0 Å². The van der Waals surface area contributed by atoms with Crippen LogP contribution >= 0.6 is 0 Å². The van der Waals surface area contributed by atoms with Crippen LogP contribution in [0.2, 0.25) is 0 Å². The Balaban J connectivity index is 1.04. The molecular weight excluding hydrogens is 623 g/mol. The molecule has 11 rings (SSSR count). The molecule has 8 aromatic carbocycles. The standard InChI is InChI=1S/C48H29NO2/c1-2-9-30(10-3-1)33-18-22-47-41(27-33)42-29-36(20-24-48(42)51-47)49-43-15-6-4-13-37(43)39-26-34(17-21-44(39)49)31-11-8-12-32(25-31)35-19-23-46-40(28-35)38-14-5-7-16-45(38)50-46/h1-29H. The quantitative estimate of drug-likeness (QED) is 0.190. The van der Waals surface area contributed by atoms with E-state index in [1.165, 1.54) is 55.2 Å². The summed E-state index contributed by atoms with van der Waals surface area (Å²) >= 11 is 0. The highest BCUT2D eigenvalue weighted by molar-refractivity contribution is 6.12. The Hall–Kier alpha value is -6.84. The summed E-state index contributed by atoms with van der Waals surface area (Å²) in [7, 11) is 0. The van der Waals surface area contributed by atoms with Gasteiger partial charge < -0.3 is 13.4 Å². The summed E-state index contributed by atoms with van der Waals surface area (Å²) in [5, 5.41) is 6.97. The number of benzene rings is 8. The van der Waals surface area contributed by atoms with Gasteiger partial charge in [-0.05, 0) is 106 Å². The first kappa shape index (κ1) is 28.0. The highest BCUT2D eigenvalue weighted by Gasteiger charge is 2.16. The second-order valence-electron chi connectivity index (χ2n) is 13.3. The smallest absolute Gasteiger partial charge is 0.135 e. The van der Waals surface area contributed by atoms with Crippen molar-refractivity contribution in [1.82, 2.24) is 4.57 Å². The molecule has 3 aromatic heterocycles. The summed E-state index contributed by atoms with van der Waals surface area (Å²) in [4.78, 5) is 0. The Labute approximate surface area is 293 Å². The Kier molecular flexibility index (Phi) is 5.96. The predicted octanol–water partition coefficient (Wildman–Crippen LogP) is 13.6. The minimum atomic E-state index is 0.891. The Bertz CT molecular complexity index is 3140. The largest absolute Gasteiger partial charge is 0.456 e. The number of para-hydroxylation sites is 2. The summed E-state index contributed by atoms with van der Waals surface area (Å²) in [5.41, 5.74) is 14.2. The number of aromatic nitrogens is 1. The number of hydrogen-bond donors (Lipinski definition) is 0. The molecule has 238 valence electrons. The molecule has 0 aliphatic heterocycles. The van der Waals surface area contributed by atoms with Gasteiger partial charge in [0.2, 0.25) is 0 Å². The van der Waals surface area contributed by atoms with Crippen molar-refractivity contribution in [2.45, 2.75) is 0 Å². The van der Waals surface area contributed by atoms with Crippen LogP contribution in [0.4, 0.5) is 0 Å². The molecule has 0 fully saturated rings. The van der Waals surface area contributed by atoms with E-state index in [0.29, 0.717) is 0 Å². The van der Waals surface area contributed by atoms with Crippen LogP contribution < -0.4 is 0 Å². The van der Waals surface area contributed by atoms with Crippen molar-refractivity contribution in [2.24, 2.45) is 0 Å². The topological polar surface area (TPSA) is 31.2 Å². The van der Waals surface area contributed by atoms with Crippen molar-refractivity contribution in [3.05, 3.63) is 176 Å². The van der Waals surface area contributed by atoms with Crippen LogP contribution in [0.25, 0.3) is 105 Å². The molecule has 0 saturated heterocycles. The fourth-order valence-corrected chi connectivity index (χ4v) is 7.93. The number of nitrogens with zero attached hydrogens (tertiary/aromatic N) is 1. The van der Waals surface area contributed by atoms with E-state index in [0.717, 1.165) is 49.6 Å². The highest BCUT2D eigenvalue weighted by Crippen LogP contribution is 2.39. The predicted molar refractivity (Wildman–Crippen MR) is 212 cm³/mol. The van der Waals surface area contributed by atoms with Crippen molar-refractivity contribution in [1.29, 1.82) is 0 Å². The lowest BCUT2D eigenvalue weighted by atomic mass is 9.97. The van der Waals surface area contributed by atoms with E-state index in [1.807, 2.05) is 12.1 Å². The fourth-order valence-electron chi connectivity index (χ4n) is 7.93. The molecule has 0 aliphatic carbocycles. The molecule has 0 amide bonds. The summed E-state index contributed by atoms with van der Waals surface area (Å²) < 4.78 is 14.8. The monoisotopic (exact) mass is 651 g/mol. The minimum Gasteiger partial charge on any atom is -0.456 e. The van der Waals surface area contributed by atoms with E-state index in [2.05, 4.69) is 168 Å². The fraction of sp³-hybridized carbons (Fsp3) is 0. The summed E-state index contributed by atoms with van der Waals surface area (Å²) in [5.74, 6) is 0. The zero-order valence-corrected chi connectivity index (χ0v) is 27.5. The third-order valence-corrected chi connectivity index (χ3v) is 10.4. The maximum atomic E-state index is 6.32. The Morgan fingerprint density at radius 2 is 0.765 bits per heavy atom. The van der Waals surface area contributed by atoms with Gasteiger partial charge in [-0.15, -0.1) is 0 Å². The Morgan fingerprint density at radius 1 is 0.275 bits per heavy atom. The van der Waals surface area contributed by atoms with E-state index in [1.54, 1.807) is 0 Å². The van der Waals surface area contributed by atoms with Gasteiger partial charge in [-0.3, -0.25) is 0 Å². The zero-order chi connectivity index (χ0) is 33.5. The molecule has 0 aliphatic rings. The highest BCUT2D eigenvalue weighted by atomic mass is 16.3. The molecule has 51 heavy (non-hydrogen) atoms. The molecule has 3 heterocycles. The van der Waals surface area contributed by atoms with Crippen molar-refractivity contribution in [3.8, 4) is 39.1 Å². The van der Waals surface area contributed by atoms with E-state index in [-0.39, 0.29) is 0 Å². The zero-order valence-electron chi connectivity index (χ0n) is 27.5. The van der Waals surface area contributed by atoms with Crippen LogP contribution in [0.15, 0.2) is 185 Å². The van der Waals surface area contributed by atoms with Crippen molar-refractivity contribution in [3.63, 3.8) is 0 Å². The first-order chi connectivity index (χ1) is 25.2. The van der Waals surface area contributed by atoms with Gasteiger partial charge in [-0.25, -0.2) is 0 Å². The van der Waals surface area contributed by atoms with Gasteiger partial charge >= 0.3 is 0 Å². The van der Waals surface area contributed by atoms with Gasteiger partial charge in [0, 0.05) is 38.0 Å². The number of hydrogen-bond acceptors (Lipinski definition) is 2. The van der Waals surface area contributed by atoms with Crippen molar-refractivity contribution in [2.75, 3.05) is 0 Å². The molecule has 0 N–H and O–H groups in total. The number of furan rings is 2. The SMILES string of the molecule is c1ccc(-c2ccc3oc4ccc(-n5c6ccccc6c6cc(-c7cccc(-c8ccc9oc%10ccccc%10c9c8)c7)ccc65)cc4c3c2)cc1. The average Bonchev–Trinajstić information content (AvgIpc) is 3.86. The van der Waals surface area contributed by atoms with Crippen molar-refractivity contribution < 1.29 is 8.83 Å². The van der Waals surface area contributed by atoms with Gasteiger partial charge in [0.15, 0.2) is 0 Å². The molecule has 0 bridgehead atoms. The maximum absolute atomic E-state index is 6.32. The van der Waals surface area contributed by atoms with Crippen LogP contribution in [0.3, 0.4) is 0 Å². The average molecular weight is 652 g/mol. The van der Waals surface area contributed by atoms with Crippen LogP contribution in [0, 0.1) is 0 Å². The molecule has 0 saturated carbocycles. The molecule has 11 aromatic rings. The van der Waals surface area contributed by atoms with E-state index < -0.39 is 0 Å². The minimum absolute atomic E-state index is 0.891. The van der Waals surface area contributed by atoms with Gasteiger partial charge in [0.1, 0.15) is 22.3 Å². The number of fused-ring (bicyclic) bond motifs is 9. The van der Waals surface area contributed by atoms with Crippen molar-refractivity contribution >= 4 is 65.7 Å². The van der Waals surface area contributed by atoms with E-state index >= 15 is 0 Å². The molecule has 0 unspecified atom stereocenters. The lowest BCUT2D eigenvalue weighted by Gasteiger charge is -2.09. The summed E-state index contributed by atoms with van der Waals surface area (Å²) in [6, 6.07) is 62.7. The lowest BCUT2D eigenvalue weighted by Crippen LogP contribution is -1.93. The molecule has 3 heteroatoms. The van der Waals surface area contributed by atoms with Gasteiger partial charge in [-0.2, -0.15) is 0 Å². The molecule has 0 atom stereocenters. The van der Waals surface area contributed by atoms with Gasteiger partial charge in [0.25, 0.3) is 0 Å².